The highest BCUT2D eigenvalue weighted by atomic mass is 19.2. The summed E-state index contributed by atoms with van der Waals surface area (Å²) in [6.07, 6.45) is 0. The van der Waals surface area contributed by atoms with Gasteiger partial charge in [-0.1, -0.05) is 40.9 Å². The first-order valence-corrected chi connectivity index (χ1v) is 4.21. The van der Waals surface area contributed by atoms with E-state index in [1.807, 2.05) is 24.3 Å². The van der Waals surface area contributed by atoms with Crippen molar-refractivity contribution in [2.45, 2.75) is 0 Å². The lowest BCUT2D eigenvalue weighted by Crippen LogP contribution is -2.13. The van der Waals surface area contributed by atoms with Crippen molar-refractivity contribution in [3.05, 3.63) is 48.0 Å². The Morgan fingerprint density at radius 1 is 1.07 bits per heavy atom. The molecule has 0 spiro atoms. The Hall–Kier alpha value is -1.90. The van der Waals surface area contributed by atoms with Crippen LogP contribution in [-0.2, 0) is 0 Å². The molecule has 0 atom stereocenters. The van der Waals surface area contributed by atoms with E-state index in [0.29, 0.717) is 5.56 Å². The molecule has 0 fully saturated rings. The fourth-order valence-corrected chi connectivity index (χ4v) is 1.46. The van der Waals surface area contributed by atoms with E-state index in [1.54, 1.807) is 18.2 Å². The van der Waals surface area contributed by atoms with Crippen molar-refractivity contribution in [3.63, 3.8) is 0 Å². The van der Waals surface area contributed by atoms with Crippen LogP contribution in [0.2, 0.25) is 0 Å². The second kappa shape index (κ2) is 3.46. The number of hydrogen-bond donors (Lipinski definition) is 1. The number of halogens is 1. The minimum Gasteiger partial charge on any atom is -0.267 e. The molecule has 0 saturated heterocycles. The molecule has 2 aliphatic carbocycles. The fraction of sp³-hybridized carbons (Fsp3) is 0. The van der Waals surface area contributed by atoms with Gasteiger partial charge < -0.3 is 0 Å². The Labute approximate surface area is 80.6 Å². The van der Waals surface area contributed by atoms with Crippen LogP contribution in [0, 0.1) is 0 Å². The summed E-state index contributed by atoms with van der Waals surface area (Å²) >= 11 is 0. The van der Waals surface area contributed by atoms with Crippen LogP contribution in [0.3, 0.4) is 0 Å². The van der Waals surface area contributed by atoms with Crippen molar-refractivity contribution in [2.75, 3.05) is 0 Å². The minimum atomic E-state index is -0.703. The van der Waals surface area contributed by atoms with Crippen molar-refractivity contribution < 1.29 is 9.28 Å². The Balaban J connectivity index is 2.58. The molecule has 0 aromatic heterocycles. The Bertz CT molecular complexity index is 441. The van der Waals surface area contributed by atoms with Gasteiger partial charge in [-0.25, -0.2) is 0 Å². The van der Waals surface area contributed by atoms with Gasteiger partial charge in [0.2, 0.25) is 0 Å². The smallest absolute Gasteiger partial charge is 0.267 e. The molecular weight excluding hydrogens is 181 g/mol. The van der Waals surface area contributed by atoms with Crippen LogP contribution in [0.25, 0.3) is 11.1 Å². The molecule has 1 amide bonds. The van der Waals surface area contributed by atoms with Gasteiger partial charge in [0, 0.05) is 5.56 Å². The topological polar surface area (TPSA) is 29.1 Å². The van der Waals surface area contributed by atoms with Gasteiger partial charge >= 0.3 is 0 Å². The van der Waals surface area contributed by atoms with Crippen molar-refractivity contribution in [3.8, 4) is 11.1 Å². The molecule has 0 aliphatic heterocycles. The van der Waals surface area contributed by atoms with Crippen molar-refractivity contribution in [2.24, 2.45) is 0 Å². The second-order valence-corrected chi connectivity index (χ2v) is 2.95. The predicted octanol–water partition coefficient (Wildman–Crippen LogP) is 2.41. The first-order chi connectivity index (χ1) is 6.83. The maximum absolute atomic E-state index is 12.0. The molecule has 0 unspecified atom stereocenters. The summed E-state index contributed by atoms with van der Waals surface area (Å²) in [5.41, 5.74) is 3.17. The van der Waals surface area contributed by atoms with Gasteiger partial charge in [-0.05, 0) is 17.2 Å². The summed E-state index contributed by atoms with van der Waals surface area (Å²) in [6.45, 7) is 0. The van der Waals surface area contributed by atoms with E-state index >= 15 is 0 Å². The number of fused-ring (bicyclic) bond motifs is 1. The summed E-state index contributed by atoms with van der Waals surface area (Å²) in [7, 11) is 0. The van der Waals surface area contributed by atoms with E-state index in [0.717, 1.165) is 16.7 Å². The SMILES string of the molecule is O=C(NF)c1ccc2cccccc1-2. The van der Waals surface area contributed by atoms with Gasteiger partial charge in [0.25, 0.3) is 5.91 Å². The van der Waals surface area contributed by atoms with Gasteiger partial charge in [0.05, 0.1) is 0 Å². The largest absolute Gasteiger partial charge is 0.279 e. The van der Waals surface area contributed by atoms with Crippen LogP contribution in [0.15, 0.2) is 42.5 Å². The van der Waals surface area contributed by atoms with E-state index in [2.05, 4.69) is 0 Å². The van der Waals surface area contributed by atoms with Crippen molar-refractivity contribution >= 4 is 5.91 Å². The van der Waals surface area contributed by atoms with Gasteiger partial charge in [0.15, 0.2) is 0 Å². The number of hydrogen-bond acceptors (Lipinski definition) is 1. The number of carbonyl (C=O) groups excluding carboxylic acids is 1. The Morgan fingerprint density at radius 3 is 2.64 bits per heavy atom. The molecule has 0 bridgehead atoms. The maximum atomic E-state index is 12.0. The molecular formula is C11H8FNO. The number of carbonyl (C=O) groups is 1. The van der Waals surface area contributed by atoms with E-state index < -0.39 is 5.91 Å². The molecule has 2 rings (SSSR count). The highest BCUT2D eigenvalue weighted by Crippen LogP contribution is 2.26. The number of rotatable bonds is 1. The van der Waals surface area contributed by atoms with Crippen LogP contribution in [0.5, 0.6) is 0 Å². The second-order valence-electron chi connectivity index (χ2n) is 2.95. The molecule has 0 aromatic carbocycles. The third-order valence-corrected chi connectivity index (χ3v) is 2.12. The molecule has 0 aromatic rings. The van der Waals surface area contributed by atoms with Gasteiger partial charge in [0.1, 0.15) is 0 Å². The third kappa shape index (κ3) is 1.33. The van der Waals surface area contributed by atoms with Crippen molar-refractivity contribution in [1.29, 1.82) is 0 Å². The summed E-state index contributed by atoms with van der Waals surface area (Å²) in [5.74, 6) is -0.703. The maximum Gasteiger partial charge on any atom is 0.279 e. The zero-order valence-corrected chi connectivity index (χ0v) is 7.33. The molecule has 0 saturated carbocycles. The van der Waals surface area contributed by atoms with E-state index in [9.17, 15) is 9.28 Å². The molecule has 0 heterocycles. The molecule has 14 heavy (non-hydrogen) atoms. The quantitative estimate of drug-likeness (QED) is 0.686. The molecule has 70 valence electrons. The summed E-state index contributed by atoms with van der Waals surface area (Å²) < 4.78 is 12.0. The lowest BCUT2D eigenvalue weighted by molar-refractivity contribution is 0.0860. The third-order valence-electron chi connectivity index (χ3n) is 2.12. The predicted molar refractivity (Wildman–Crippen MR) is 51.6 cm³/mol. The standard InChI is InChI=1S/C11H8FNO/c12-13-11(14)10-7-6-8-4-2-1-3-5-9(8)10/h1-7H,(H,13,14). The monoisotopic (exact) mass is 189 g/mol. The molecule has 3 heteroatoms. The van der Waals surface area contributed by atoms with Crippen LogP contribution in [0.1, 0.15) is 10.4 Å². The first kappa shape index (κ1) is 8.69. The zero-order chi connectivity index (χ0) is 9.97. The first-order valence-electron chi connectivity index (χ1n) is 4.21. The lowest BCUT2D eigenvalue weighted by atomic mass is 10.1. The Morgan fingerprint density at radius 2 is 1.86 bits per heavy atom. The molecule has 0 radical (unpaired) electrons. The van der Waals surface area contributed by atoms with Gasteiger partial charge in [-0.3, -0.25) is 4.79 Å². The number of amides is 1. The van der Waals surface area contributed by atoms with Crippen LogP contribution < -0.4 is 5.54 Å². The van der Waals surface area contributed by atoms with Crippen LogP contribution in [0.4, 0.5) is 4.48 Å². The zero-order valence-electron chi connectivity index (χ0n) is 7.33. The molecule has 1 N–H and O–H groups in total. The summed E-state index contributed by atoms with van der Waals surface area (Å²) in [5, 5.41) is 0. The average Bonchev–Trinajstić information content (AvgIpc) is 2.46. The highest BCUT2D eigenvalue weighted by Gasteiger charge is 2.13. The highest BCUT2D eigenvalue weighted by molar-refractivity contribution is 6.01. The van der Waals surface area contributed by atoms with E-state index in [-0.39, 0.29) is 0 Å². The van der Waals surface area contributed by atoms with Gasteiger partial charge in [-0.2, -0.15) is 5.54 Å². The van der Waals surface area contributed by atoms with Gasteiger partial charge in [-0.15, -0.1) is 0 Å². The fourth-order valence-electron chi connectivity index (χ4n) is 1.46. The molecule has 2 aliphatic rings. The lowest BCUT2D eigenvalue weighted by Gasteiger charge is -1.96. The summed E-state index contributed by atoms with van der Waals surface area (Å²) in [4.78, 5) is 11.1. The minimum absolute atomic E-state index is 0.360. The average molecular weight is 189 g/mol. The summed E-state index contributed by atoms with van der Waals surface area (Å²) in [6, 6.07) is 12.6. The van der Waals surface area contributed by atoms with E-state index in [4.69, 9.17) is 0 Å². The normalized spacial score (nSPS) is 10.1. The number of nitrogens with one attached hydrogen (secondary N) is 1. The molecule has 2 nitrogen and oxygen atoms in total. The van der Waals surface area contributed by atoms with Crippen LogP contribution in [-0.4, -0.2) is 5.91 Å². The Kier molecular flexibility index (Phi) is 2.14. The van der Waals surface area contributed by atoms with Crippen molar-refractivity contribution in [1.82, 2.24) is 5.54 Å². The van der Waals surface area contributed by atoms with E-state index in [1.165, 1.54) is 0 Å². The van der Waals surface area contributed by atoms with Crippen LogP contribution >= 0.6 is 0 Å².